The molecule has 0 heterocycles. The number of carbonyl (C=O) groups is 3. The maximum atomic E-state index is 13.6. The van der Waals surface area contributed by atoms with Crippen molar-refractivity contribution in [3.63, 3.8) is 0 Å². The van der Waals surface area contributed by atoms with Gasteiger partial charge in [0.2, 0.25) is 11.8 Å². The summed E-state index contributed by atoms with van der Waals surface area (Å²) in [6.07, 6.45) is 9.02. The van der Waals surface area contributed by atoms with Crippen molar-refractivity contribution in [2.24, 2.45) is 11.8 Å². The lowest BCUT2D eigenvalue weighted by atomic mass is 9.93. The highest BCUT2D eigenvalue weighted by molar-refractivity contribution is 5.86. The average Bonchev–Trinajstić information content (AvgIpc) is 3.47. The van der Waals surface area contributed by atoms with Gasteiger partial charge in [-0.1, -0.05) is 85.7 Å². The molecule has 2 aromatic carbocycles. The van der Waals surface area contributed by atoms with Crippen molar-refractivity contribution in [3.8, 4) is 0 Å². The van der Waals surface area contributed by atoms with Crippen molar-refractivity contribution in [2.75, 3.05) is 19.8 Å². The number of allylic oxidation sites excluding steroid dienone is 2. The molecule has 0 aliphatic heterocycles. The van der Waals surface area contributed by atoms with Crippen LogP contribution in [0.15, 0.2) is 86.0 Å². The summed E-state index contributed by atoms with van der Waals surface area (Å²) in [5.74, 6) is -1.61. The first-order valence-corrected chi connectivity index (χ1v) is 15.1. The van der Waals surface area contributed by atoms with Gasteiger partial charge < -0.3 is 20.1 Å². The van der Waals surface area contributed by atoms with E-state index in [1.165, 1.54) is 0 Å². The summed E-state index contributed by atoms with van der Waals surface area (Å²) in [4.78, 5) is 41.7. The van der Waals surface area contributed by atoms with Gasteiger partial charge in [0.1, 0.15) is 6.61 Å². The Bertz CT molecular complexity index is 1140. The SMILES string of the molecule is C=CCC[C@H](Cc1ccccc1)C(=O)OCC1(NC(=O)[C@H](CC=C)CC(=O)N(CCO)Cc2ccccc2)CCCC1. The molecule has 0 saturated heterocycles. The summed E-state index contributed by atoms with van der Waals surface area (Å²) in [6.45, 7) is 8.09. The highest BCUT2D eigenvalue weighted by Gasteiger charge is 2.39. The first-order chi connectivity index (χ1) is 20.4. The maximum absolute atomic E-state index is 13.6. The zero-order valence-electron chi connectivity index (χ0n) is 24.7. The molecule has 42 heavy (non-hydrogen) atoms. The van der Waals surface area contributed by atoms with E-state index in [-0.39, 0.29) is 49.9 Å². The highest BCUT2D eigenvalue weighted by atomic mass is 16.5. The lowest BCUT2D eigenvalue weighted by Crippen LogP contribution is -2.52. The number of carbonyl (C=O) groups excluding carboxylic acids is 3. The quantitative estimate of drug-likeness (QED) is 0.184. The molecule has 0 aromatic heterocycles. The molecule has 0 radical (unpaired) electrons. The van der Waals surface area contributed by atoms with Crippen molar-refractivity contribution >= 4 is 17.8 Å². The molecule has 2 atom stereocenters. The van der Waals surface area contributed by atoms with E-state index >= 15 is 0 Å². The number of hydrogen-bond acceptors (Lipinski definition) is 5. The first kappa shape index (κ1) is 32.8. The minimum absolute atomic E-state index is 0.00125. The number of nitrogens with one attached hydrogen (secondary N) is 1. The van der Waals surface area contributed by atoms with Gasteiger partial charge in [-0.25, -0.2) is 0 Å². The lowest BCUT2D eigenvalue weighted by Gasteiger charge is -2.32. The van der Waals surface area contributed by atoms with E-state index < -0.39 is 11.5 Å². The third-order valence-corrected chi connectivity index (χ3v) is 8.00. The van der Waals surface area contributed by atoms with Gasteiger partial charge in [-0.05, 0) is 49.7 Å². The Morgan fingerprint density at radius 3 is 2.19 bits per heavy atom. The van der Waals surface area contributed by atoms with Crippen LogP contribution in [-0.4, -0.2) is 53.1 Å². The number of ether oxygens (including phenoxy) is 1. The summed E-state index contributed by atoms with van der Waals surface area (Å²) < 4.78 is 5.91. The second kappa shape index (κ2) is 17.3. The van der Waals surface area contributed by atoms with Crippen molar-refractivity contribution in [1.82, 2.24) is 10.2 Å². The molecule has 7 heteroatoms. The van der Waals surface area contributed by atoms with Gasteiger partial charge >= 0.3 is 5.97 Å². The number of hydrogen-bond donors (Lipinski definition) is 2. The molecule has 1 aliphatic rings. The minimum Gasteiger partial charge on any atom is -0.463 e. The zero-order valence-corrected chi connectivity index (χ0v) is 24.7. The third kappa shape index (κ3) is 10.3. The summed E-state index contributed by atoms with van der Waals surface area (Å²) in [6, 6.07) is 19.5. The molecule has 1 fully saturated rings. The van der Waals surface area contributed by atoms with Crippen LogP contribution in [0.1, 0.15) is 62.5 Å². The number of aliphatic hydroxyl groups is 1. The van der Waals surface area contributed by atoms with Crippen LogP contribution in [-0.2, 0) is 32.1 Å². The Morgan fingerprint density at radius 1 is 0.952 bits per heavy atom. The Morgan fingerprint density at radius 2 is 1.60 bits per heavy atom. The van der Waals surface area contributed by atoms with Gasteiger partial charge in [0, 0.05) is 19.5 Å². The molecule has 2 amide bonds. The lowest BCUT2D eigenvalue weighted by molar-refractivity contribution is -0.152. The van der Waals surface area contributed by atoms with Crippen LogP contribution in [0.25, 0.3) is 0 Å². The van der Waals surface area contributed by atoms with E-state index in [4.69, 9.17) is 4.74 Å². The number of nitrogens with zero attached hydrogens (tertiary/aromatic N) is 1. The standard InChI is InChI=1S/C35H46N2O5/c1-3-5-19-31(24-28-15-8-6-9-16-28)34(41)42-27-35(20-12-13-21-35)36-33(40)30(14-4-2)25-32(39)37(22-23-38)26-29-17-10-7-11-18-29/h3-4,6-11,15-18,30-31,38H,1-2,5,12-14,19-27H2,(H,36,40)/t30-,31-/m1/s1. The van der Waals surface area contributed by atoms with E-state index in [0.29, 0.717) is 45.1 Å². The predicted octanol–water partition coefficient (Wildman–Crippen LogP) is 5.39. The molecule has 7 nitrogen and oxygen atoms in total. The van der Waals surface area contributed by atoms with Gasteiger partial charge in [0.25, 0.3) is 0 Å². The molecule has 2 N–H and O–H groups in total. The van der Waals surface area contributed by atoms with E-state index in [0.717, 1.165) is 24.0 Å². The molecule has 1 aliphatic carbocycles. The number of amides is 2. The van der Waals surface area contributed by atoms with Gasteiger partial charge in [0.05, 0.1) is 24.0 Å². The van der Waals surface area contributed by atoms with E-state index in [1.807, 2.05) is 66.7 Å². The Balaban J connectivity index is 1.65. The molecular weight excluding hydrogens is 528 g/mol. The minimum atomic E-state index is -0.653. The third-order valence-electron chi connectivity index (χ3n) is 8.00. The van der Waals surface area contributed by atoms with Crippen LogP contribution >= 0.6 is 0 Å². The largest absolute Gasteiger partial charge is 0.463 e. The number of aliphatic hydroxyl groups excluding tert-OH is 1. The average molecular weight is 575 g/mol. The molecule has 2 aromatic rings. The summed E-state index contributed by atoms with van der Waals surface area (Å²) in [5, 5.41) is 12.8. The van der Waals surface area contributed by atoms with Crippen molar-refractivity contribution in [2.45, 2.75) is 69.9 Å². The molecular formula is C35H46N2O5. The smallest absolute Gasteiger partial charge is 0.309 e. The zero-order chi connectivity index (χ0) is 30.2. The second-order valence-corrected chi connectivity index (χ2v) is 11.3. The summed E-state index contributed by atoms with van der Waals surface area (Å²) in [7, 11) is 0. The fourth-order valence-electron chi connectivity index (χ4n) is 5.61. The van der Waals surface area contributed by atoms with Crippen LogP contribution in [0.4, 0.5) is 0 Å². The van der Waals surface area contributed by atoms with Gasteiger partial charge in [0.15, 0.2) is 0 Å². The van der Waals surface area contributed by atoms with Crippen molar-refractivity contribution in [3.05, 3.63) is 97.1 Å². The maximum Gasteiger partial charge on any atom is 0.309 e. The Labute approximate surface area is 250 Å². The molecule has 226 valence electrons. The predicted molar refractivity (Wildman–Crippen MR) is 165 cm³/mol. The van der Waals surface area contributed by atoms with Crippen molar-refractivity contribution < 1.29 is 24.2 Å². The molecule has 0 spiro atoms. The second-order valence-electron chi connectivity index (χ2n) is 11.3. The first-order valence-electron chi connectivity index (χ1n) is 15.1. The fourth-order valence-corrected chi connectivity index (χ4v) is 5.61. The molecule has 0 unspecified atom stereocenters. The number of esters is 1. The Kier molecular flexibility index (Phi) is 13.5. The van der Waals surface area contributed by atoms with Crippen LogP contribution in [0.5, 0.6) is 0 Å². The number of benzene rings is 2. The van der Waals surface area contributed by atoms with Crippen LogP contribution in [0, 0.1) is 11.8 Å². The van der Waals surface area contributed by atoms with E-state index in [9.17, 15) is 19.5 Å². The summed E-state index contributed by atoms with van der Waals surface area (Å²) >= 11 is 0. The van der Waals surface area contributed by atoms with Crippen LogP contribution in [0.3, 0.4) is 0 Å². The number of rotatable bonds is 18. The fraction of sp³-hybridized carbons (Fsp3) is 0.457. The normalized spacial score (nSPS) is 15.3. The molecule has 0 bridgehead atoms. The van der Waals surface area contributed by atoms with Crippen LogP contribution < -0.4 is 5.32 Å². The van der Waals surface area contributed by atoms with E-state index in [2.05, 4.69) is 18.5 Å². The summed E-state index contributed by atoms with van der Waals surface area (Å²) in [5.41, 5.74) is 1.38. The van der Waals surface area contributed by atoms with Gasteiger partial charge in [-0.3, -0.25) is 14.4 Å². The van der Waals surface area contributed by atoms with Crippen LogP contribution in [0.2, 0.25) is 0 Å². The van der Waals surface area contributed by atoms with Gasteiger partial charge in [-0.15, -0.1) is 13.2 Å². The Hall–Kier alpha value is -3.71. The highest BCUT2D eigenvalue weighted by Crippen LogP contribution is 2.31. The van der Waals surface area contributed by atoms with E-state index in [1.54, 1.807) is 11.0 Å². The topological polar surface area (TPSA) is 95.9 Å². The van der Waals surface area contributed by atoms with Crippen molar-refractivity contribution in [1.29, 1.82) is 0 Å². The monoisotopic (exact) mass is 574 g/mol. The molecule has 3 rings (SSSR count). The molecule has 1 saturated carbocycles. The van der Waals surface area contributed by atoms with Gasteiger partial charge in [-0.2, -0.15) is 0 Å².